The number of nitrogens with zero attached hydrogens (tertiary/aromatic N) is 2. The Labute approximate surface area is 241 Å². The third-order valence-electron chi connectivity index (χ3n) is 7.77. The molecule has 0 saturated carbocycles. The minimum absolute atomic E-state index is 0.0406. The summed E-state index contributed by atoms with van der Waals surface area (Å²) in [5, 5.41) is 14.2. The summed E-state index contributed by atoms with van der Waals surface area (Å²) in [4.78, 5) is 32.7. The first-order chi connectivity index (χ1) is 20.0. The normalized spacial score (nSPS) is 17.9. The van der Waals surface area contributed by atoms with Crippen molar-refractivity contribution in [3.8, 4) is 0 Å². The molecule has 0 aromatic heterocycles. The maximum absolute atomic E-state index is 13.8. The summed E-state index contributed by atoms with van der Waals surface area (Å²) >= 11 is 0. The Kier molecular flexibility index (Phi) is 9.11. The summed E-state index contributed by atoms with van der Waals surface area (Å²) < 4.78 is 0. The third kappa shape index (κ3) is 7.02. The van der Waals surface area contributed by atoms with E-state index in [0.29, 0.717) is 44.1 Å². The lowest BCUT2D eigenvalue weighted by Gasteiger charge is -2.25. The van der Waals surface area contributed by atoms with Crippen LogP contribution >= 0.6 is 0 Å². The molecule has 1 heterocycles. The number of nitrogens with two attached hydrogens (primary N) is 1. The second-order valence-electron chi connectivity index (χ2n) is 10.6. The standard InChI is InChI=1S/C33H38N6O2/c1-35-33(34)36-18-7-14-30-32(41)39(22-27-12-6-11-24-9-4-5-13-29(24)27)19-17-28(38-30)21-37-31(40)26-16-15-23-8-2-3-10-25(23)20-26/h2-6,8-13,15-16,20,28,30,38H,7,14,17-19,21-22H2,1H3,(H,37,40)(H3,34,35,36). The van der Waals surface area contributed by atoms with Crippen molar-refractivity contribution in [1.82, 2.24) is 20.9 Å². The smallest absolute Gasteiger partial charge is 0.251 e. The Bertz CT molecular complexity index is 1550. The highest BCUT2D eigenvalue weighted by atomic mass is 16.2. The number of hydrogen-bond acceptors (Lipinski definition) is 4. The van der Waals surface area contributed by atoms with E-state index in [-0.39, 0.29) is 23.9 Å². The number of fused-ring (bicyclic) bond motifs is 2. The molecule has 1 aliphatic heterocycles. The molecule has 8 nitrogen and oxygen atoms in total. The third-order valence-corrected chi connectivity index (χ3v) is 7.77. The molecule has 212 valence electrons. The topological polar surface area (TPSA) is 112 Å². The van der Waals surface area contributed by atoms with E-state index in [2.05, 4.69) is 45.2 Å². The van der Waals surface area contributed by atoms with Gasteiger partial charge in [-0.15, -0.1) is 0 Å². The van der Waals surface area contributed by atoms with E-state index in [1.807, 2.05) is 65.6 Å². The monoisotopic (exact) mass is 550 g/mol. The summed E-state index contributed by atoms with van der Waals surface area (Å²) in [5.41, 5.74) is 7.53. The van der Waals surface area contributed by atoms with E-state index in [0.717, 1.165) is 39.9 Å². The van der Waals surface area contributed by atoms with Crippen molar-refractivity contribution in [1.29, 1.82) is 0 Å². The van der Waals surface area contributed by atoms with E-state index in [1.54, 1.807) is 7.05 Å². The van der Waals surface area contributed by atoms with Crippen molar-refractivity contribution in [3.63, 3.8) is 0 Å². The van der Waals surface area contributed by atoms with Crippen LogP contribution in [0, 0.1) is 0 Å². The first-order valence-electron chi connectivity index (χ1n) is 14.3. The SMILES string of the molecule is CN=C(N)NCCCC1NC(CNC(=O)c2ccc3ccccc3c2)CCN(Cc2cccc3ccccc23)C1=O. The van der Waals surface area contributed by atoms with Gasteiger partial charge in [-0.3, -0.25) is 14.6 Å². The van der Waals surface area contributed by atoms with Crippen molar-refractivity contribution in [2.24, 2.45) is 10.7 Å². The number of benzene rings is 4. The quantitative estimate of drug-likeness (QED) is 0.144. The van der Waals surface area contributed by atoms with Crippen LogP contribution in [0.3, 0.4) is 0 Å². The van der Waals surface area contributed by atoms with Gasteiger partial charge in [-0.2, -0.15) is 0 Å². The summed E-state index contributed by atoms with van der Waals surface area (Å²) in [6.45, 7) is 2.21. The molecular formula is C33H38N6O2. The molecule has 8 heteroatoms. The molecule has 1 fully saturated rings. The molecule has 1 aliphatic rings. The average Bonchev–Trinajstić information content (AvgIpc) is 3.16. The molecule has 4 aromatic carbocycles. The van der Waals surface area contributed by atoms with E-state index >= 15 is 0 Å². The fourth-order valence-corrected chi connectivity index (χ4v) is 5.49. The summed E-state index contributed by atoms with van der Waals surface area (Å²) in [6.07, 6.45) is 2.13. The molecule has 2 atom stereocenters. The van der Waals surface area contributed by atoms with Gasteiger partial charge in [0.05, 0.1) is 6.04 Å². The van der Waals surface area contributed by atoms with Gasteiger partial charge in [0, 0.05) is 44.8 Å². The van der Waals surface area contributed by atoms with E-state index < -0.39 is 0 Å². The maximum atomic E-state index is 13.8. The average molecular weight is 551 g/mol. The Morgan fingerprint density at radius 3 is 2.56 bits per heavy atom. The van der Waals surface area contributed by atoms with Crippen molar-refractivity contribution in [3.05, 3.63) is 96.1 Å². The van der Waals surface area contributed by atoms with Gasteiger partial charge in [0.15, 0.2) is 5.96 Å². The fourth-order valence-electron chi connectivity index (χ4n) is 5.49. The van der Waals surface area contributed by atoms with Gasteiger partial charge in [-0.05, 0) is 58.5 Å². The molecule has 5 rings (SSSR count). The molecule has 0 aliphatic carbocycles. The van der Waals surface area contributed by atoms with Crippen LogP contribution < -0.4 is 21.7 Å². The van der Waals surface area contributed by atoms with Gasteiger partial charge in [0.2, 0.25) is 5.91 Å². The Morgan fingerprint density at radius 2 is 1.73 bits per heavy atom. The number of aliphatic imine (C=N–C) groups is 1. The van der Waals surface area contributed by atoms with Crippen LogP contribution in [-0.2, 0) is 11.3 Å². The minimum Gasteiger partial charge on any atom is -0.370 e. The van der Waals surface area contributed by atoms with E-state index in [9.17, 15) is 9.59 Å². The highest BCUT2D eigenvalue weighted by molar-refractivity contribution is 5.98. The molecule has 4 aromatic rings. The molecule has 41 heavy (non-hydrogen) atoms. The molecule has 0 spiro atoms. The van der Waals surface area contributed by atoms with Crippen molar-refractivity contribution in [2.45, 2.75) is 37.9 Å². The highest BCUT2D eigenvalue weighted by Crippen LogP contribution is 2.22. The molecule has 2 amide bonds. The first kappa shape index (κ1) is 28.1. The summed E-state index contributed by atoms with van der Waals surface area (Å²) in [7, 11) is 1.64. The predicted octanol–water partition coefficient (Wildman–Crippen LogP) is 3.80. The Hall–Kier alpha value is -4.43. The summed E-state index contributed by atoms with van der Waals surface area (Å²) in [6, 6.07) is 27.9. The Morgan fingerprint density at radius 1 is 0.976 bits per heavy atom. The largest absolute Gasteiger partial charge is 0.370 e. The van der Waals surface area contributed by atoms with Gasteiger partial charge < -0.3 is 26.6 Å². The second-order valence-corrected chi connectivity index (χ2v) is 10.6. The van der Waals surface area contributed by atoms with Crippen LogP contribution in [0.15, 0.2) is 89.9 Å². The zero-order valence-electron chi connectivity index (χ0n) is 23.5. The summed E-state index contributed by atoms with van der Waals surface area (Å²) in [5.74, 6) is 0.353. The molecule has 0 bridgehead atoms. The van der Waals surface area contributed by atoms with Crippen molar-refractivity contribution < 1.29 is 9.59 Å². The van der Waals surface area contributed by atoms with Crippen molar-refractivity contribution in [2.75, 3.05) is 26.7 Å². The van der Waals surface area contributed by atoms with Crippen LogP contribution in [0.1, 0.15) is 35.2 Å². The molecule has 2 unspecified atom stereocenters. The maximum Gasteiger partial charge on any atom is 0.251 e. The van der Waals surface area contributed by atoms with E-state index in [4.69, 9.17) is 5.73 Å². The highest BCUT2D eigenvalue weighted by Gasteiger charge is 2.31. The van der Waals surface area contributed by atoms with Crippen LogP contribution in [0.25, 0.3) is 21.5 Å². The number of nitrogens with one attached hydrogen (secondary N) is 3. The van der Waals surface area contributed by atoms with Crippen molar-refractivity contribution >= 4 is 39.3 Å². The van der Waals surface area contributed by atoms with Gasteiger partial charge in [-0.25, -0.2) is 0 Å². The van der Waals surface area contributed by atoms with Crippen LogP contribution in [-0.4, -0.2) is 61.4 Å². The number of carbonyl (C=O) groups excluding carboxylic acids is 2. The zero-order valence-corrected chi connectivity index (χ0v) is 23.5. The van der Waals surface area contributed by atoms with Crippen LogP contribution in [0.5, 0.6) is 0 Å². The lowest BCUT2D eigenvalue weighted by Crippen LogP contribution is -2.49. The molecular weight excluding hydrogens is 512 g/mol. The number of hydrogen-bond donors (Lipinski definition) is 4. The van der Waals surface area contributed by atoms with Gasteiger partial charge in [-0.1, -0.05) is 72.8 Å². The lowest BCUT2D eigenvalue weighted by molar-refractivity contribution is -0.133. The predicted molar refractivity (Wildman–Crippen MR) is 166 cm³/mol. The van der Waals surface area contributed by atoms with Gasteiger partial charge in [0.1, 0.15) is 0 Å². The minimum atomic E-state index is -0.364. The van der Waals surface area contributed by atoms with Crippen LogP contribution in [0.4, 0.5) is 0 Å². The molecule has 5 N–H and O–H groups in total. The Balaban J connectivity index is 1.28. The lowest BCUT2D eigenvalue weighted by atomic mass is 10.0. The van der Waals surface area contributed by atoms with Crippen LogP contribution in [0.2, 0.25) is 0 Å². The number of carbonyl (C=O) groups is 2. The second kappa shape index (κ2) is 13.3. The number of guanidine groups is 1. The van der Waals surface area contributed by atoms with Gasteiger partial charge in [0.25, 0.3) is 5.91 Å². The first-order valence-corrected chi connectivity index (χ1v) is 14.3. The fraction of sp³-hybridized carbons (Fsp3) is 0.303. The molecule has 0 radical (unpaired) electrons. The van der Waals surface area contributed by atoms with Gasteiger partial charge >= 0.3 is 0 Å². The number of amides is 2. The number of rotatable bonds is 9. The zero-order chi connectivity index (χ0) is 28.6. The van der Waals surface area contributed by atoms with E-state index in [1.165, 1.54) is 0 Å². The molecule has 1 saturated heterocycles.